The fourth-order valence-electron chi connectivity index (χ4n) is 10.4. The van der Waals surface area contributed by atoms with Gasteiger partial charge in [-0.2, -0.15) is 0 Å². The monoisotopic (exact) mass is 856 g/mol. The summed E-state index contributed by atoms with van der Waals surface area (Å²) in [7, 11) is 0. The number of hydrogen-bond donors (Lipinski definition) is 0. The molecule has 0 amide bonds. The summed E-state index contributed by atoms with van der Waals surface area (Å²) >= 11 is -3.97. The molecular weight excluding hydrogens is 791 g/mol. The fraction of sp³-hybridized carbons (Fsp3) is 0.440. The zero-order valence-corrected chi connectivity index (χ0v) is 41.8. The summed E-state index contributed by atoms with van der Waals surface area (Å²) in [6.07, 6.45) is 0. The van der Waals surface area contributed by atoms with E-state index in [-0.39, 0.29) is 46.5 Å². The van der Waals surface area contributed by atoms with Crippen LogP contribution in [0.25, 0.3) is 33.4 Å². The largest absolute Gasteiger partial charge is 0.147 e. The van der Waals surface area contributed by atoms with E-state index in [2.05, 4.69) is 198 Å². The van der Waals surface area contributed by atoms with Crippen LogP contribution in [0.5, 0.6) is 0 Å². The Balaban J connectivity index is 0.00000325. The smallest absolute Gasteiger partial charge is 0.147 e. The first-order valence-corrected chi connectivity index (χ1v) is 33.4. The molecule has 4 heteroatoms. The van der Waals surface area contributed by atoms with Gasteiger partial charge in [0.1, 0.15) is 0 Å². The van der Waals surface area contributed by atoms with Crippen LogP contribution < -0.4 is 0 Å². The summed E-state index contributed by atoms with van der Waals surface area (Å²) in [6, 6.07) is 33.4. The molecule has 0 aliphatic heterocycles. The standard InChI is InChI=1S/2C24H29.2CH3.2ClH.H2Si.Zr/c2*1-16-21(24(5,6)7)15-18-9-8-10-20(22(16)18)17-11-13-19(14-12-17)23(2,3)4;;;;;;/h2*8-15H,1-7H3;2*1H3;2*1H;1H2;. The molecule has 290 valence electrons. The molecule has 0 heterocycles. The molecule has 6 rings (SSSR count). The molecule has 0 radical (unpaired) electrons. The summed E-state index contributed by atoms with van der Waals surface area (Å²) in [5, 5.41) is 0. The van der Waals surface area contributed by atoms with Gasteiger partial charge in [-0.1, -0.05) is 0 Å². The SMILES string of the molecule is CC1=C(C(C)(C)C)[CH]([Zr]([CH3])([CH3])(=[SiH2])[CH]2C(C(C)(C)C)=C(C)c3c(-c4ccc(C(C)(C)C)cc4)cccc32)c2cccc(-c3ccc(C(C)(C)C)cc3)c21.Cl.Cl. The van der Waals surface area contributed by atoms with Crippen molar-refractivity contribution in [3.63, 3.8) is 0 Å². The van der Waals surface area contributed by atoms with Gasteiger partial charge in [0, 0.05) is 0 Å². The first kappa shape index (κ1) is 44.8. The molecule has 4 aromatic carbocycles. The van der Waals surface area contributed by atoms with Gasteiger partial charge in [0.2, 0.25) is 0 Å². The normalized spacial score (nSPS) is 17.9. The Morgan fingerprint density at radius 2 is 0.741 bits per heavy atom. The molecule has 0 saturated heterocycles. The second-order valence-corrected chi connectivity index (χ2v) is 52.0. The van der Waals surface area contributed by atoms with Crippen molar-refractivity contribution in [2.24, 2.45) is 10.8 Å². The zero-order chi connectivity index (χ0) is 38.6. The molecule has 0 N–H and O–H groups in total. The third kappa shape index (κ3) is 7.58. The first-order valence-electron chi connectivity index (χ1n) is 19.7. The van der Waals surface area contributed by atoms with E-state index in [9.17, 15) is 0 Å². The van der Waals surface area contributed by atoms with Crippen molar-refractivity contribution >= 4 is 42.8 Å². The molecule has 0 bridgehead atoms. The number of allylic oxidation sites excluding steroid dienone is 4. The molecule has 0 nitrogen and oxygen atoms in total. The topological polar surface area (TPSA) is 0 Å². The minimum Gasteiger partial charge on any atom is -0.147 e. The van der Waals surface area contributed by atoms with Crippen molar-refractivity contribution in [1.82, 2.24) is 0 Å². The van der Waals surface area contributed by atoms with Gasteiger partial charge >= 0.3 is 322 Å². The van der Waals surface area contributed by atoms with Gasteiger partial charge < -0.3 is 0 Å². The summed E-state index contributed by atoms with van der Waals surface area (Å²) in [4.78, 5) is 0. The number of benzene rings is 4. The Labute approximate surface area is 344 Å². The second-order valence-electron chi connectivity index (χ2n) is 21.6. The maximum absolute atomic E-state index is 3.97. The average Bonchev–Trinajstić information content (AvgIpc) is 3.53. The molecule has 2 aliphatic rings. The minimum atomic E-state index is -3.97. The van der Waals surface area contributed by atoms with Crippen LogP contribution in [0.3, 0.4) is 0 Å². The Hall–Kier alpha value is -1.96. The molecule has 0 aromatic heterocycles. The number of hydrogen-bond acceptors (Lipinski definition) is 0. The summed E-state index contributed by atoms with van der Waals surface area (Å²) in [5.74, 6) is 0. The van der Waals surface area contributed by atoms with E-state index in [1.54, 1.807) is 22.3 Å². The van der Waals surface area contributed by atoms with Crippen molar-refractivity contribution in [2.45, 2.75) is 124 Å². The van der Waals surface area contributed by atoms with Gasteiger partial charge in [0.15, 0.2) is 0 Å². The Morgan fingerprint density at radius 3 is 1.00 bits per heavy atom. The molecule has 2 unspecified atom stereocenters. The zero-order valence-electron chi connectivity index (χ0n) is 36.3. The van der Waals surface area contributed by atoms with E-state index in [1.165, 1.54) is 55.7 Å². The van der Waals surface area contributed by atoms with Crippen LogP contribution in [0.2, 0.25) is 9.26 Å². The Bertz CT molecular complexity index is 2040. The predicted octanol–water partition coefficient (Wildman–Crippen LogP) is 15.2. The molecule has 0 fully saturated rings. The van der Waals surface area contributed by atoms with Gasteiger partial charge in [-0.05, 0) is 0 Å². The van der Waals surface area contributed by atoms with Gasteiger partial charge in [0.05, 0.1) is 0 Å². The summed E-state index contributed by atoms with van der Waals surface area (Å²) in [6.45, 7) is 36.1. The summed E-state index contributed by atoms with van der Waals surface area (Å²) < 4.78 is 6.54. The van der Waals surface area contributed by atoms with Crippen LogP contribution in [0.4, 0.5) is 0 Å². The Kier molecular flexibility index (Phi) is 12.0. The molecule has 4 aromatic rings. The van der Waals surface area contributed by atoms with Gasteiger partial charge in [-0.25, -0.2) is 0 Å². The number of halogens is 2. The average molecular weight is 859 g/mol. The van der Waals surface area contributed by atoms with Crippen LogP contribution >= 0.6 is 24.8 Å². The Morgan fingerprint density at radius 1 is 0.444 bits per heavy atom. The van der Waals surface area contributed by atoms with Crippen molar-refractivity contribution in [1.29, 1.82) is 0 Å². The van der Waals surface area contributed by atoms with E-state index >= 15 is 0 Å². The van der Waals surface area contributed by atoms with E-state index in [4.69, 9.17) is 0 Å². The van der Waals surface area contributed by atoms with Gasteiger partial charge in [0.25, 0.3) is 0 Å². The van der Waals surface area contributed by atoms with Crippen molar-refractivity contribution in [3.8, 4) is 22.3 Å². The van der Waals surface area contributed by atoms with E-state index < -0.39 is 17.4 Å². The fourth-order valence-corrected chi connectivity index (χ4v) is 30.3. The van der Waals surface area contributed by atoms with Crippen LogP contribution in [0, 0.1) is 10.8 Å². The first-order chi connectivity index (χ1) is 23.7. The van der Waals surface area contributed by atoms with Crippen LogP contribution in [0.15, 0.2) is 96.1 Å². The predicted molar refractivity (Wildman–Crippen MR) is 246 cm³/mol. The maximum Gasteiger partial charge on any atom is -0.147 e. The molecule has 2 atom stereocenters. The molecule has 0 saturated carbocycles. The minimum absolute atomic E-state index is 0. The third-order valence-corrected chi connectivity index (χ3v) is 29.7. The van der Waals surface area contributed by atoms with Crippen molar-refractivity contribution in [2.75, 3.05) is 0 Å². The van der Waals surface area contributed by atoms with E-state index in [1.807, 2.05) is 0 Å². The van der Waals surface area contributed by atoms with E-state index in [0.29, 0.717) is 7.25 Å². The van der Waals surface area contributed by atoms with Crippen LogP contribution in [-0.2, 0) is 28.2 Å². The molecule has 2 aliphatic carbocycles. The molecule has 0 spiro atoms. The third-order valence-electron chi connectivity index (χ3n) is 12.6. The van der Waals surface area contributed by atoms with Crippen LogP contribution in [0.1, 0.15) is 138 Å². The summed E-state index contributed by atoms with van der Waals surface area (Å²) in [5.41, 5.74) is 21.1. The van der Waals surface area contributed by atoms with Crippen molar-refractivity contribution < 1.29 is 17.4 Å². The van der Waals surface area contributed by atoms with Gasteiger partial charge in [-0.3, -0.25) is 0 Å². The number of rotatable bonds is 4. The molecule has 54 heavy (non-hydrogen) atoms. The van der Waals surface area contributed by atoms with Gasteiger partial charge in [-0.15, -0.1) is 24.8 Å². The van der Waals surface area contributed by atoms with Crippen LogP contribution in [-0.4, -0.2) is 6.88 Å². The second kappa shape index (κ2) is 14.5. The molecular formula is C50H68Cl2SiZr. The quantitative estimate of drug-likeness (QED) is 0.179. The van der Waals surface area contributed by atoms with E-state index in [0.717, 1.165) is 0 Å². The number of fused-ring (bicyclic) bond motifs is 2. The maximum atomic E-state index is 2.83. The van der Waals surface area contributed by atoms with Crippen molar-refractivity contribution in [3.05, 3.63) is 129 Å².